The van der Waals surface area contributed by atoms with E-state index in [-0.39, 0.29) is 5.92 Å². The highest BCUT2D eigenvalue weighted by atomic mass is 19.4. The van der Waals surface area contributed by atoms with Gasteiger partial charge in [0.25, 0.3) is 0 Å². The Morgan fingerprint density at radius 2 is 1.93 bits per heavy atom. The van der Waals surface area contributed by atoms with Gasteiger partial charge < -0.3 is 4.74 Å². The summed E-state index contributed by atoms with van der Waals surface area (Å²) in [6.07, 6.45) is -3.41. The third-order valence-electron chi connectivity index (χ3n) is 1.81. The minimum atomic E-state index is -4.53. The molecule has 0 aliphatic carbocycles. The summed E-state index contributed by atoms with van der Waals surface area (Å²) in [5.74, 6) is -0.470. The first kappa shape index (κ1) is 11.7. The molecule has 0 amide bonds. The average molecular weight is 220 g/mol. The standard InChI is InChI=1S/C9H11F3N2O/c1-5(2)6-4-13-7(9(10,11)12)8(14-6)15-3/h4-5H,1-3H3. The Morgan fingerprint density at radius 3 is 2.33 bits per heavy atom. The molecule has 0 aliphatic rings. The van der Waals surface area contributed by atoms with Crippen LogP contribution in [0.5, 0.6) is 5.88 Å². The predicted octanol–water partition coefficient (Wildman–Crippen LogP) is 2.63. The molecule has 6 heteroatoms. The number of nitrogens with zero attached hydrogens (tertiary/aromatic N) is 2. The number of aromatic nitrogens is 2. The number of alkyl halides is 3. The lowest BCUT2D eigenvalue weighted by molar-refractivity contribution is -0.142. The van der Waals surface area contributed by atoms with Crippen LogP contribution in [-0.4, -0.2) is 17.1 Å². The Bertz CT molecular complexity index is 350. The molecule has 1 heterocycles. The third-order valence-corrected chi connectivity index (χ3v) is 1.81. The number of ether oxygens (including phenoxy) is 1. The summed E-state index contributed by atoms with van der Waals surface area (Å²) < 4.78 is 41.7. The van der Waals surface area contributed by atoms with Crippen molar-refractivity contribution in [1.29, 1.82) is 0 Å². The lowest BCUT2D eigenvalue weighted by Gasteiger charge is -2.12. The van der Waals surface area contributed by atoms with Gasteiger partial charge in [-0.05, 0) is 5.92 Å². The Hall–Kier alpha value is -1.33. The highest BCUT2D eigenvalue weighted by Gasteiger charge is 2.37. The number of halogens is 3. The third kappa shape index (κ3) is 2.57. The van der Waals surface area contributed by atoms with Gasteiger partial charge >= 0.3 is 6.18 Å². The minimum Gasteiger partial charge on any atom is -0.479 e. The highest BCUT2D eigenvalue weighted by molar-refractivity contribution is 5.23. The molecule has 0 atom stereocenters. The van der Waals surface area contributed by atoms with Gasteiger partial charge in [0, 0.05) is 6.20 Å². The summed E-state index contributed by atoms with van der Waals surface area (Å²) in [6, 6.07) is 0. The van der Waals surface area contributed by atoms with Crippen LogP contribution in [0.25, 0.3) is 0 Å². The van der Waals surface area contributed by atoms with Crippen LogP contribution < -0.4 is 4.74 Å². The molecule has 0 aromatic carbocycles. The Balaban J connectivity index is 3.21. The Labute approximate surface area is 85.3 Å². The smallest absolute Gasteiger partial charge is 0.438 e. The molecule has 0 fully saturated rings. The quantitative estimate of drug-likeness (QED) is 0.768. The molecular weight excluding hydrogens is 209 g/mol. The fourth-order valence-electron chi connectivity index (χ4n) is 1.000. The van der Waals surface area contributed by atoms with Crippen LogP contribution in [0, 0.1) is 0 Å². The fraction of sp³-hybridized carbons (Fsp3) is 0.556. The second-order valence-electron chi connectivity index (χ2n) is 3.31. The van der Waals surface area contributed by atoms with Crippen LogP contribution >= 0.6 is 0 Å². The fourth-order valence-corrected chi connectivity index (χ4v) is 1.000. The van der Waals surface area contributed by atoms with E-state index in [1.807, 2.05) is 13.8 Å². The summed E-state index contributed by atoms with van der Waals surface area (Å²) in [6.45, 7) is 3.63. The van der Waals surface area contributed by atoms with Crippen LogP contribution in [0.2, 0.25) is 0 Å². The van der Waals surface area contributed by atoms with Crippen molar-refractivity contribution in [2.24, 2.45) is 0 Å². The zero-order chi connectivity index (χ0) is 11.6. The van der Waals surface area contributed by atoms with Crippen molar-refractivity contribution >= 4 is 0 Å². The summed E-state index contributed by atoms with van der Waals surface area (Å²) in [4.78, 5) is 7.08. The number of methoxy groups -OCH3 is 1. The van der Waals surface area contributed by atoms with Gasteiger partial charge in [0.2, 0.25) is 11.6 Å². The van der Waals surface area contributed by atoms with Crippen molar-refractivity contribution in [3.63, 3.8) is 0 Å². The molecule has 1 aromatic rings. The van der Waals surface area contributed by atoms with Gasteiger partial charge in [0.15, 0.2) is 0 Å². The molecule has 3 nitrogen and oxygen atoms in total. The van der Waals surface area contributed by atoms with E-state index in [1.165, 1.54) is 0 Å². The van der Waals surface area contributed by atoms with E-state index < -0.39 is 17.8 Å². The second-order valence-corrected chi connectivity index (χ2v) is 3.31. The number of rotatable bonds is 2. The van der Waals surface area contributed by atoms with Crippen molar-refractivity contribution in [3.8, 4) is 5.88 Å². The van der Waals surface area contributed by atoms with E-state index in [2.05, 4.69) is 14.7 Å². The van der Waals surface area contributed by atoms with E-state index in [9.17, 15) is 13.2 Å². The van der Waals surface area contributed by atoms with Crippen molar-refractivity contribution < 1.29 is 17.9 Å². The molecule has 0 N–H and O–H groups in total. The molecular formula is C9H11F3N2O. The topological polar surface area (TPSA) is 35.0 Å². The van der Waals surface area contributed by atoms with Gasteiger partial charge in [-0.25, -0.2) is 9.97 Å². The van der Waals surface area contributed by atoms with Crippen LogP contribution in [0.15, 0.2) is 6.20 Å². The van der Waals surface area contributed by atoms with Gasteiger partial charge in [0.05, 0.1) is 12.8 Å². The number of hydrogen-bond donors (Lipinski definition) is 0. The first-order chi connectivity index (χ1) is 6.86. The van der Waals surface area contributed by atoms with Crippen LogP contribution in [0.4, 0.5) is 13.2 Å². The zero-order valence-corrected chi connectivity index (χ0v) is 8.59. The van der Waals surface area contributed by atoms with Gasteiger partial charge in [-0.1, -0.05) is 13.8 Å². The summed E-state index contributed by atoms with van der Waals surface area (Å²) >= 11 is 0. The highest BCUT2D eigenvalue weighted by Crippen LogP contribution is 2.33. The van der Waals surface area contributed by atoms with Crippen molar-refractivity contribution in [1.82, 2.24) is 9.97 Å². The van der Waals surface area contributed by atoms with E-state index in [0.29, 0.717) is 5.69 Å². The summed E-state index contributed by atoms with van der Waals surface area (Å²) in [5, 5.41) is 0. The first-order valence-corrected chi connectivity index (χ1v) is 4.34. The van der Waals surface area contributed by atoms with E-state index >= 15 is 0 Å². The zero-order valence-electron chi connectivity index (χ0n) is 8.59. The lowest BCUT2D eigenvalue weighted by atomic mass is 10.1. The maximum Gasteiger partial charge on any atom is 0.438 e. The molecule has 0 bridgehead atoms. The predicted molar refractivity (Wildman–Crippen MR) is 47.7 cm³/mol. The molecule has 0 unspecified atom stereocenters. The lowest BCUT2D eigenvalue weighted by Crippen LogP contribution is -2.12. The van der Waals surface area contributed by atoms with Crippen LogP contribution in [0.3, 0.4) is 0 Å². The molecule has 1 rings (SSSR count). The maximum absolute atomic E-state index is 12.4. The molecule has 1 aromatic heterocycles. The van der Waals surface area contributed by atoms with Crippen molar-refractivity contribution in [3.05, 3.63) is 17.6 Å². The monoisotopic (exact) mass is 220 g/mol. The van der Waals surface area contributed by atoms with Crippen LogP contribution in [0.1, 0.15) is 31.2 Å². The van der Waals surface area contributed by atoms with Crippen molar-refractivity contribution in [2.75, 3.05) is 7.11 Å². The second kappa shape index (κ2) is 4.04. The Kier molecular flexibility index (Phi) is 3.16. The molecule has 0 saturated carbocycles. The molecule has 0 spiro atoms. The molecule has 0 saturated heterocycles. The molecule has 84 valence electrons. The van der Waals surface area contributed by atoms with E-state index in [0.717, 1.165) is 13.3 Å². The maximum atomic E-state index is 12.4. The SMILES string of the molecule is COc1nc(C(C)C)cnc1C(F)(F)F. The average Bonchev–Trinajstić information content (AvgIpc) is 2.15. The Morgan fingerprint density at radius 1 is 1.33 bits per heavy atom. The summed E-state index contributed by atoms with van der Waals surface area (Å²) in [5.41, 5.74) is -0.616. The van der Waals surface area contributed by atoms with Gasteiger partial charge in [-0.3, -0.25) is 0 Å². The molecule has 15 heavy (non-hydrogen) atoms. The number of hydrogen-bond acceptors (Lipinski definition) is 3. The van der Waals surface area contributed by atoms with Gasteiger partial charge in [-0.15, -0.1) is 0 Å². The van der Waals surface area contributed by atoms with Gasteiger partial charge in [-0.2, -0.15) is 13.2 Å². The van der Waals surface area contributed by atoms with Crippen LogP contribution in [-0.2, 0) is 6.18 Å². The molecule has 0 aliphatic heterocycles. The normalized spacial score (nSPS) is 11.9. The van der Waals surface area contributed by atoms with E-state index in [1.54, 1.807) is 0 Å². The van der Waals surface area contributed by atoms with E-state index in [4.69, 9.17) is 0 Å². The summed E-state index contributed by atoms with van der Waals surface area (Å²) in [7, 11) is 1.14. The first-order valence-electron chi connectivity index (χ1n) is 4.34. The minimum absolute atomic E-state index is 0.00804. The molecule has 0 radical (unpaired) electrons. The largest absolute Gasteiger partial charge is 0.479 e. The van der Waals surface area contributed by atoms with Gasteiger partial charge in [0.1, 0.15) is 0 Å². The van der Waals surface area contributed by atoms with Crippen molar-refractivity contribution in [2.45, 2.75) is 25.9 Å².